The summed E-state index contributed by atoms with van der Waals surface area (Å²) in [5.41, 5.74) is 10.6. The van der Waals surface area contributed by atoms with Gasteiger partial charge in [0.25, 0.3) is 0 Å². The Morgan fingerprint density at radius 3 is 1.87 bits per heavy atom. The van der Waals surface area contributed by atoms with Gasteiger partial charge in [-0.3, -0.25) is 4.98 Å². The van der Waals surface area contributed by atoms with Gasteiger partial charge in [-0.1, -0.05) is 115 Å². The number of hydrogen-bond donors (Lipinski definition) is 0. The molecule has 2 aromatic heterocycles. The summed E-state index contributed by atoms with van der Waals surface area (Å²) >= 11 is 0. The number of benzene rings is 7. The van der Waals surface area contributed by atoms with E-state index in [1.165, 1.54) is 33.0 Å². The molecule has 216 valence electrons. The third-order valence-electron chi connectivity index (χ3n) is 8.88. The number of furan rings is 1. The van der Waals surface area contributed by atoms with E-state index in [0.717, 1.165) is 49.9 Å². The fourth-order valence-electron chi connectivity index (χ4n) is 6.61. The van der Waals surface area contributed by atoms with Crippen molar-refractivity contribution in [1.82, 2.24) is 4.98 Å². The van der Waals surface area contributed by atoms with E-state index < -0.39 is 0 Å². The lowest BCUT2D eigenvalue weighted by Crippen LogP contribution is -2.10. The van der Waals surface area contributed by atoms with Gasteiger partial charge in [0.2, 0.25) is 0 Å². The van der Waals surface area contributed by atoms with Gasteiger partial charge in [0, 0.05) is 27.5 Å². The molecule has 9 aromatic rings. The summed E-state index contributed by atoms with van der Waals surface area (Å²) in [6.07, 6.45) is 1.97. The monoisotopic (exact) mass is 588 g/mol. The molecule has 0 atom stereocenters. The molecule has 0 aliphatic rings. The van der Waals surface area contributed by atoms with Crippen molar-refractivity contribution in [3.05, 3.63) is 170 Å². The largest absolute Gasteiger partial charge is 0.456 e. The second kappa shape index (κ2) is 10.8. The second-order valence-electron chi connectivity index (χ2n) is 11.7. The molecule has 0 unspecified atom stereocenters. The zero-order valence-corrected chi connectivity index (χ0v) is 25.0. The first-order valence-electron chi connectivity index (χ1n) is 15.5. The molecular weight excluding hydrogens is 560 g/mol. The van der Waals surface area contributed by atoms with Crippen LogP contribution >= 0.6 is 0 Å². The van der Waals surface area contributed by atoms with Crippen LogP contribution in [0.3, 0.4) is 0 Å². The van der Waals surface area contributed by atoms with Gasteiger partial charge in [0.1, 0.15) is 11.2 Å². The van der Waals surface area contributed by atoms with E-state index in [4.69, 9.17) is 9.40 Å². The van der Waals surface area contributed by atoms with Gasteiger partial charge in [-0.05, 0) is 81.6 Å². The summed E-state index contributed by atoms with van der Waals surface area (Å²) < 4.78 is 6.23. The van der Waals surface area contributed by atoms with Crippen molar-refractivity contribution >= 4 is 60.7 Å². The molecule has 3 nitrogen and oxygen atoms in total. The van der Waals surface area contributed by atoms with Gasteiger partial charge in [-0.2, -0.15) is 0 Å². The highest BCUT2D eigenvalue weighted by atomic mass is 16.3. The first kappa shape index (κ1) is 26.2. The lowest BCUT2D eigenvalue weighted by atomic mass is 9.98. The van der Waals surface area contributed by atoms with E-state index in [1.54, 1.807) is 0 Å². The normalized spacial score (nSPS) is 11.5. The summed E-state index contributed by atoms with van der Waals surface area (Å²) in [5.74, 6) is 0. The third kappa shape index (κ3) is 4.49. The van der Waals surface area contributed by atoms with Crippen molar-refractivity contribution in [3.63, 3.8) is 0 Å². The van der Waals surface area contributed by atoms with Crippen LogP contribution in [0.5, 0.6) is 0 Å². The zero-order valence-electron chi connectivity index (χ0n) is 25.0. The van der Waals surface area contributed by atoms with Crippen LogP contribution in [0.15, 0.2) is 174 Å². The molecule has 0 aliphatic heterocycles. The molecule has 3 heteroatoms. The Bertz CT molecular complexity index is 2510. The SMILES string of the molecule is c1ccc(-c2ccc(N(c3ccc(-c4cccc5ccccc45)cc3)c3cnc4cc5c(cc4c3)oc3ccccc35)cc2)cc1. The van der Waals surface area contributed by atoms with Gasteiger partial charge >= 0.3 is 0 Å². The van der Waals surface area contributed by atoms with E-state index in [1.807, 2.05) is 30.5 Å². The van der Waals surface area contributed by atoms with E-state index in [0.29, 0.717) is 0 Å². The van der Waals surface area contributed by atoms with Crippen molar-refractivity contribution in [2.24, 2.45) is 0 Å². The predicted octanol–water partition coefficient (Wildman–Crippen LogP) is 12.1. The molecule has 0 spiro atoms. The minimum Gasteiger partial charge on any atom is -0.456 e. The third-order valence-corrected chi connectivity index (χ3v) is 8.88. The molecule has 0 N–H and O–H groups in total. The van der Waals surface area contributed by atoms with Crippen LogP contribution in [0, 0.1) is 0 Å². The quantitative estimate of drug-likeness (QED) is 0.200. The molecule has 9 rings (SSSR count). The van der Waals surface area contributed by atoms with Crippen molar-refractivity contribution in [1.29, 1.82) is 0 Å². The maximum atomic E-state index is 6.23. The molecule has 0 bridgehead atoms. The number of rotatable bonds is 5. The van der Waals surface area contributed by atoms with Crippen LogP contribution in [0.1, 0.15) is 0 Å². The highest BCUT2D eigenvalue weighted by Crippen LogP contribution is 2.39. The molecular formula is C43H28N2O. The number of para-hydroxylation sites is 1. The summed E-state index contributed by atoms with van der Waals surface area (Å²) in [4.78, 5) is 7.25. The number of pyridine rings is 1. The minimum atomic E-state index is 0.867. The van der Waals surface area contributed by atoms with Gasteiger partial charge in [-0.25, -0.2) is 0 Å². The number of fused-ring (bicyclic) bond motifs is 5. The van der Waals surface area contributed by atoms with Crippen LogP contribution in [0.4, 0.5) is 17.1 Å². The van der Waals surface area contributed by atoms with Crippen molar-refractivity contribution in [2.75, 3.05) is 4.90 Å². The summed E-state index contributed by atoms with van der Waals surface area (Å²) in [7, 11) is 0. The van der Waals surface area contributed by atoms with Crippen molar-refractivity contribution in [2.45, 2.75) is 0 Å². The predicted molar refractivity (Wildman–Crippen MR) is 192 cm³/mol. The Balaban J connectivity index is 1.17. The number of anilines is 3. The van der Waals surface area contributed by atoms with Crippen LogP contribution in [0.25, 0.3) is 65.9 Å². The number of nitrogens with zero attached hydrogens (tertiary/aromatic N) is 2. The van der Waals surface area contributed by atoms with Crippen LogP contribution in [0.2, 0.25) is 0 Å². The van der Waals surface area contributed by atoms with Crippen molar-refractivity contribution in [3.8, 4) is 22.3 Å². The van der Waals surface area contributed by atoms with E-state index in [-0.39, 0.29) is 0 Å². The average molecular weight is 589 g/mol. The summed E-state index contributed by atoms with van der Waals surface area (Å²) in [5, 5.41) is 5.71. The molecule has 0 radical (unpaired) electrons. The Morgan fingerprint density at radius 2 is 1.07 bits per heavy atom. The highest BCUT2D eigenvalue weighted by Gasteiger charge is 2.16. The standard InChI is InChI=1S/C43H28N2O/c1-2-9-29(10-3-1)30-17-21-34(22-18-30)45(35-23-19-32(20-24-35)38-15-8-12-31-11-4-5-13-37(31)38)36-25-33-26-43-40(27-41(33)44-28-36)39-14-6-7-16-42(39)46-43/h1-28H. The van der Waals surface area contributed by atoms with Crippen LogP contribution in [-0.2, 0) is 0 Å². The fraction of sp³-hybridized carbons (Fsp3) is 0. The van der Waals surface area contributed by atoms with E-state index in [9.17, 15) is 0 Å². The number of aromatic nitrogens is 1. The molecule has 46 heavy (non-hydrogen) atoms. The van der Waals surface area contributed by atoms with Crippen molar-refractivity contribution < 1.29 is 4.42 Å². The first-order valence-corrected chi connectivity index (χ1v) is 15.5. The Morgan fingerprint density at radius 1 is 0.413 bits per heavy atom. The smallest absolute Gasteiger partial charge is 0.136 e. The molecule has 7 aromatic carbocycles. The topological polar surface area (TPSA) is 29.3 Å². The molecule has 0 saturated heterocycles. The van der Waals surface area contributed by atoms with Crippen LogP contribution < -0.4 is 4.90 Å². The minimum absolute atomic E-state index is 0.867. The molecule has 0 saturated carbocycles. The molecule has 0 aliphatic carbocycles. The van der Waals surface area contributed by atoms with Gasteiger partial charge in [-0.15, -0.1) is 0 Å². The fourth-order valence-corrected chi connectivity index (χ4v) is 6.61. The summed E-state index contributed by atoms with van der Waals surface area (Å²) in [6.45, 7) is 0. The van der Waals surface area contributed by atoms with Gasteiger partial charge in [0.05, 0.1) is 17.4 Å². The van der Waals surface area contributed by atoms with E-state index >= 15 is 0 Å². The summed E-state index contributed by atoms with van der Waals surface area (Å²) in [6, 6.07) is 57.8. The molecule has 0 fully saturated rings. The second-order valence-corrected chi connectivity index (χ2v) is 11.7. The highest BCUT2D eigenvalue weighted by molar-refractivity contribution is 6.09. The maximum Gasteiger partial charge on any atom is 0.136 e. The Hall–Kier alpha value is -6.19. The Labute approximate surface area is 266 Å². The first-order chi connectivity index (χ1) is 22.8. The number of hydrogen-bond acceptors (Lipinski definition) is 3. The van der Waals surface area contributed by atoms with Crippen LogP contribution in [-0.4, -0.2) is 4.98 Å². The van der Waals surface area contributed by atoms with Gasteiger partial charge in [0.15, 0.2) is 0 Å². The maximum absolute atomic E-state index is 6.23. The Kier molecular flexibility index (Phi) is 6.14. The molecule has 2 heterocycles. The zero-order chi connectivity index (χ0) is 30.5. The lowest BCUT2D eigenvalue weighted by molar-refractivity contribution is 0.669. The average Bonchev–Trinajstić information content (AvgIpc) is 3.49. The lowest BCUT2D eigenvalue weighted by Gasteiger charge is -2.26. The van der Waals surface area contributed by atoms with E-state index in [2.05, 4.69) is 144 Å². The van der Waals surface area contributed by atoms with Gasteiger partial charge < -0.3 is 9.32 Å². The molecule has 0 amide bonds.